The van der Waals surface area contributed by atoms with Crippen LogP contribution in [0.5, 0.6) is 0 Å². The van der Waals surface area contributed by atoms with Crippen LogP contribution in [-0.4, -0.2) is 10.2 Å². The van der Waals surface area contributed by atoms with Gasteiger partial charge in [-0.25, -0.2) is 0 Å². The number of rotatable bonds is 5. The summed E-state index contributed by atoms with van der Waals surface area (Å²) in [5, 5.41) is 11.3. The lowest BCUT2D eigenvalue weighted by Crippen LogP contribution is -2.12. The van der Waals surface area contributed by atoms with Crippen molar-refractivity contribution < 1.29 is 8.83 Å². The van der Waals surface area contributed by atoms with Crippen LogP contribution in [0.3, 0.4) is 0 Å². The fourth-order valence-electron chi connectivity index (χ4n) is 1.93. The monoisotopic (exact) mass is 269 g/mol. The SMILES string of the molecule is Cc1cccc(-c2nnc(CNCc3ccco3)o2)c1. The molecule has 1 aromatic carbocycles. The minimum atomic E-state index is 0.513. The lowest BCUT2D eigenvalue weighted by molar-refractivity contribution is 0.447. The fraction of sp³-hybridized carbons (Fsp3) is 0.200. The standard InChI is InChI=1S/C15H15N3O2/c1-11-4-2-5-12(8-11)15-18-17-14(20-15)10-16-9-13-6-3-7-19-13/h2-8,16H,9-10H2,1H3. The zero-order valence-corrected chi connectivity index (χ0v) is 11.2. The van der Waals surface area contributed by atoms with E-state index in [0.29, 0.717) is 24.9 Å². The number of nitrogens with zero attached hydrogens (tertiary/aromatic N) is 2. The normalized spacial score (nSPS) is 10.8. The zero-order chi connectivity index (χ0) is 13.8. The molecule has 2 aromatic heterocycles. The maximum Gasteiger partial charge on any atom is 0.247 e. The minimum absolute atomic E-state index is 0.513. The number of hydrogen-bond acceptors (Lipinski definition) is 5. The maximum absolute atomic E-state index is 5.63. The van der Waals surface area contributed by atoms with Crippen molar-refractivity contribution in [3.8, 4) is 11.5 Å². The number of nitrogens with one attached hydrogen (secondary N) is 1. The largest absolute Gasteiger partial charge is 0.468 e. The highest BCUT2D eigenvalue weighted by Gasteiger charge is 2.08. The Kier molecular flexibility index (Phi) is 3.60. The Hall–Kier alpha value is -2.40. The van der Waals surface area contributed by atoms with Gasteiger partial charge in [0.15, 0.2) is 0 Å². The van der Waals surface area contributed by atoms with E-state index < -0.39 is 0 Å². The number of aryl methyl sites for hydroxylation is 1. The van der Waals surface area contributed by atoms with E-state index in [1.807, 2.05) is 43.3 Å². The van der Waals surface area contributed by atoms with Crippen molar-refractivity contribution in [2.24, 2.45) is 0 Å². The highest BCUT2D eigenvalue weighted by molar-refractivity contribution is 5.53. The molecule has 0 bridgehead atoms. The van der Waals surface area contributed by atoms with Crippen molar-refractivity contribution in [2.75, 3.05) is 0 Å². The Balaban J connectivity index is 1.62. The quantitative estimate of drug-likeness (QED) is 0.771. The predicted octanol–water partition coefficient (Wildman–Crippen LogP) is 2.93. The van der Waals surface area contributed by atoms with E-state index in [1.165, 1.54) is 0 Å². The minimum Gasteiger partial charge on any atom is -0.468 e. The lowest BCUT2D eigenvalue weighted by Gasteiger charge is -1.98. The molecule has 1 N–H and O–H groups in total. The van der Waals surface area contributed by atoms with E-state index in [1.54, 1.807) is 6.26 Å². The predicted molar refractivity (Wildman–Crippen MR) is 73.7 cm³/mol. The first kappa shape index (κ1) is 12.6. The molecule has 0 saturated heterocycles. The molecule has 0 aliphatic heterocycles. The summed E-state index contributed by atoms with van der Waals surface area (Å²) in [6.07, 6.45) is 1.65. The van der Waals surface area contributed by atoms with Gasteiger partial charge in [-0.3, -0.25) is 0 Å². The highest BCUT2D eigenvalue weighted by atomic mass is 16.4. The van der Waals surface area contributed by atoms with Crippen LogP contribution in [0.4, 0.5) is 0 Å². The molecule has 3 aromatic rings. The molecule has 0 saturated carbocycles. The zero-order valence-electron chi connectivity index (χ0n) is 11.2. The van der Waals surface area contributed by atoms with Gasteiger partial charge in [0, 0.05) is 5.56 Å². The second-order valence-electron chi connectivity index (χ2n) is 4.55. The van der Waals surface area contributed by atoms with Crippen molar-refractivity contribution in [1.29, 1.82) is 0 Å². The Morgan fingerprint density at radius 1 is 1.10 bits per heavy atom. The summed E-state index contributed by atoms with van der Waals surface area (Å²) in [6, 6.07) is 11.8. The first-order valence-corrected chi connectivity index (χ1v) is 6.44. The van der Waals surface area contributed by atoms with E-state index in [4.69, 9.17) is 8.83 Å². The average molecular weight is 269 g/mol. The van der Waals surface area contributed by atoms with Gasteiger partial charge in [0.1, 0.15) is 5.76 Å². The van der Waals surface area contributed by atoms with Crippen LogP contribution in [0.1, 0.15) is 17.2 Å². The molecule has 0 spiro atoms. The lowest BCUT2D eigenvalue weighted by atomic mass is 10.1. The molecule has 0 fully saturated rings. The van der Waals surface area contributed by atoms with E-state index in [2.05, 4.69) is 15.5 Å². The highest BCUT2D eigenvalue weighted by Crippen LogP contribution is 2.18. The summed E-state index contributed by atoms with van der Waals surface area (Å²) >= 11 is 0. The second-order valence-corrected chi connectivity index (χ2v) is 4.55. The molecule has 0 aliphatic rings. The fourth-order valence-corrected chi connectivity index (χ4v) is 1.93. The van der Waals surface area contributed by atoms with Gasteiger partial charge in [-0.1, -0.05) is 17.7 Å². The summed E-state index contributed by atoms with van der Waals surface area (Å²) in [4.78, 5) is 0. The Labute approximate surface area is 116 Å². The van der Waals surface area contributed by atoms with Gasteiger partial charge in [-0.05, 0) is 31.2 Å². The van der Waals surface area contributed by atoms with Gasteiger partial charge in [-0.2, -0.15) is 0 Å². The summed E-state index contributed by atoms with van der Waals surface area (Å²) < 4.78 is 10.9. The molecule has 102 valence electrons. The van der Waals surface area contributed by atoms with E-state index in [0.717, 1.165) is 16.9 Å². The van der Waals surface area contributed by atoms with E-state index in [-0.39, 0.29) is 0 Å². The average Bonchev–Trinajstić information content (AvgIpc) is 3.10. The maximum atomic E-state index is 5.63. The summed E-state index contributed by atoms with van der Waals surface area (Å²) in [7, 11) is 0. The Morgan fingerprint density at radius 3 is 2.85 bits per heavy atom. The molecule has 5 heteroatoms. The molecule has 0 amide bonds. The van der Waals surface area contributed by atoms with Crippen LogP contribution in [0.15, 0.2) is 51.5 Å². The topological polar surface area (TPSA) is 64.1 Å². The molecule has 20 heavy (non-hydrogen) atoms. The van der Waals surface area contributed by atoms with Crippen molar-refractivity contribution >= 4 is 0 Å². The molecular formula is C15H15N3O2. The molecule has 0 unspecified atom stereocenters. The van der Waals surface area contributed by atoms with Crippen LogP contribution < -0.4 is 5.32 Å². The van der Waals surface area contributed by atoms with Crippen LogP contribution in [0.25, 0.3) is 11.5 Å². The molecule has 0 radical (unpaired) electrons. The summed E-state index contributed by atoms with van der Waals surface area (Å²) in [6.45, 7) is 3.18. The van der Waals surface area contributed by atoms with Gasteiger partial charge in [0.05, 0.1) is 19.4 Å². The van der Waals surface area contributed by atoms with Crippen molar-refractivity contribution in [3.63, 3.8) is 0 Å². The smallest absolute Gasteiger partial charge is 0.247 e. The number of furan rings is 1. The molecule has 3 rings (SSSR count). The molecule has 0 aliphatic carbocycles. The Morgan fingerprint density at radius 2 is 2.05 bits per heavy atom. The van der Waals surface area contributed by atoms with Crippen molar-refractivity contribution in [3.05, 3.63) is 59.9 Å². The summed E-state index contributed by atoms with van der Waals surface area (Å²) in [5.41, 5.74) is 2.10. The van der Waals surface area contributed by atoms with Crippen LogP contribution in [0.2, 0.25) is 0 Å². The van der Waals surface area contributed by atoms with Gasteiger partial charge in [0.2, 0.25) is 11.8 Å². The molecule has 5 nitrogen and oxygen atoms in total. The third-order valence-electron chi connectivity index (χ3n) is 2.89. The molecular weight excluding hydrogens is 254 g/mol. The second kappa shape index (κ2) is 5.71. The van der Waals surface area contributed by atoms with Gasteiger partial charge in [0.25, 0.3) is 0 Å². The van der Waals surface area contributed by atoms with Gasteiger partial charge in [-0.15, -0.1) is 10.2 Å². The third kappa shape index (κ3) is 2.95. The first-order chi connectivity index (χ1) is 9.81. The third-order valence-corrected chi connectivity index (χ3v) is 2.89. The van der Waals surface area contributed by atoms with Crippen molar-refractivity contribution in [1.82, 2.24) is 15.5 Å². The number of aromatic nitrogens is 2. The van der Waals surface area contributed by atoms with E-state index >= 15 is 0 Å². The number of benzene rings is 1. The van der Waals surface area contributed by atoms with Crippen LogP contribution >= 0.6 is 0 Å². The molecule has 0 atom stereocenters. The number of hydrogen-bond donors (Lipinski definition) is 1. The first-order valence-electron chi connectivity index (χ1n) is 6.44. The summed E-state index contributed by atoms with van der Waals surface area (Å²) in [5.74, 6) is 1.99. The van der Waals surface area contributed by atoms with Crippen LogP contribution in [-0.2, 0) is 13.1 Å². The van der Waals surface area contributed by atoms with Crippen LogP contribution in [0, 0.1) is 6.92 Å². The Bertz CT molecular complexity index is 674. The van der Waals surface area contributed by atoms with Crippen molar-refractivity contribution in [2.45, 2.75) is 20.0 Å². The molecule has 2 heterocycles. The van der Waals surface area contributed by atoms with Gasteiger partial charge < -0.3 is 14.2 Å². The van der Waals surface area contributed by atoms with E-state index in [9.17, 15) is 0 Å². The van der Waals surface area contributed by atoms with Gasteiger partial charge >= 0.3 is 0 Å².